The van der Waals surface area contributed by atoms with Crippen molar-refractivity contribution >= 4 is 10.0 Å². The first-order valence-corrected chi connectivity index (χ1v) is 10.8. The summed E-state index contributed by atoms with van der Waals surface area (Å²) < 4.78 is 34.0. The molecule has 2 rings (SSSR count). The molecule has 140 valence electrons. The van der Waals surface area contributed by atoms with Gasteiger partial charge in [-0.25, -0.2) is 8.42 Å². The molecule has 0 bridgehead atoms. The smallest absolute Gasteiger partial charge is 0.246 e. The number of nitrogens with zero attached hydrogens (tertiary/aromatic N) is 1. The number of hydrogen-bond donors (Lipinski definition) is 0. The number of ether oxygens (including phenoxy) is 1. The second-order valence-corrected chi connectivity index (χ2v) is 8.83. The lowest BCUT2D eigenvalue weighted by Gasteiger charge is -2.27. The van der Waals surface area contributed by atoms with E-state index in [1.807, 2.05) is 32.9 Å². The summed E-state index contributed by atoms with van der Waals surface area (Å²) in [6.45, 7) is 6.90. The van der Waals surface area contributed by atoms with Gasteiger partial charge in [0.1, 0.15) is 10.6 Å². The van der Waals surface area contributed by atoms with E-state index in [9.17, 15) is 8.42 Å². The van der Waals surface area contributed by atoms with E-state index >= 15 is 0 Å². The highest BCUT2D eigenvalue weighted by atomic mass is 32.2. The van der Waals surface area contributed by atoms with Crippen LogP contribution in [0, 0.1) is 6.92 Å². The van der Waals surface area contributed by atoms with Crippen molar-refractivity contribution < 1.29 is 13.2 Å². The number of aryl methyl sites for hydroxylation is 1. The first-order valence-electron chi connectivity index (χ1n) is 9.33. The van der Waals surface area contributed by atoms with Gasteiger partial charge in [-0.05, 0) is 77.0 Å². The van der Waals surface area contributed by atoms with Crippen molar-refractivity contribution in [1.82, 2.24) is 4.31 Å². The predicted molar refractivity (Wildman–Crippen MR) is 103 cm³/mol. The topological polar surface area (TPSA) is 46.6 Å². The quantitative estimate of drug-likeness (QED) is 0.679. The van der Waals surface area contributed by atoms with Crippen molar-refractivity contribution in [2.45, 2.75) is 70.2 Å². The number of rotatable bonds is 1. The van der Waals surface area contributed by atoms with Crippen molar-refractivity contribution in [2.24, 2.45) is 0 Å². The second kappa shape index (κ2) is 9.39. The van der Waals surface area contributed by atoms with Gasteiger partial charge in [0, 0.05) is 12.6 Å². The van der Waals surface area contributed by atoms with Crippen LogP contribution in [0.2, 0.25) is 0 Å². The Morgan fingerprint density at radius 1 is 1.04 bits per heavy atom. The van der Waals surface area contributed by atoms with Crippen LogP contribution < -0.4 is 4.74 Å². The molecule has 4 nitrogen and oxygen atoms in total. The molecule has 0 saturated heterocycles. The van der Waals surface area contributed by atoms with Crippen molar-refractivity contribution in [3.8, 4) is 5.75 Å². The normalized spacial score (nSPS) is 21.6. The number of allylic oxidation sites excluding steroid dienone is 2. The summed E-state index contributed by atoms with van der Waals surface area (Å²) >= 11 is 0. The first-order chi connectivity index (χ1) is 11.9. The lowest BCUT2D eigenvalue weighted by atomic mass is 10.2. The van der Waals surface area contributed by atoms with E-state index in [-0.39, 0.29) is 6.04 Å². The molecule has 25 heavy (non-hydrogen) atoms. The molecule has 0 aliphatic carbocycles. The highest BCUT2D eigenvalue weighted by Crippen LogP contribution is 2.29. The largest absolute Gasteiger partial charge is 0.492 e. The molecule has 0 spiro atoms. The summed E-state index contributed by atoms with van der Waals surface area (Å²) in [6.07, 6.45) is 10.4. The Labute approximate surface area is 152 Å². The summed E-state index contributed by atoms with van der Waals surface area (Å²) in [7, 11) is -3.57. The summed E-state index contributed by atoms with van der Waals surface area (Å²) in [5, 5.41) is 0. The van der Waals surface area contributed by atoms with Crippen LogP contribution in [-0.2, 0) is 10.0 Å². The maximum Gasteiger partial charge on any atom is 0.246 e. The van der Waals surface area contributed by atoms with E-state index in [1.54, 1.807) is 10.4 Å². The Balaban J connectivity index is 2.36. The van der Waals surface area contributed by atoms with Gasteiger partial charge in [0.25, 0.3) is 0 Å². The lowest BCUT2D eigenvalue weighted by molar-refractivity contribution is 0.296. The molecule has 0 saturated carbocycles. The Morgan fingerprint density at radius 3 is 2.40 bits per heavy atom. The molecule has 0 fully saturated rings. The van der Waals surface area contributed by atoms with Crippen LogP contribution in [0.3, 0.4) is 0 Å². The minimum absolute atomic E-state index is 0.0784. The number of fused-ring (bicyclic) bond motifs is 1. The third kappa shape index (κ3) is 5.58. The lowest BCUT2D eigenvalue weighted by Crippen LogP contribution is -2.37. The first kappa shape index (κ1) is 20.0. The zero-order chi connectivity index (χ0) is 18.3. The Morgan fingerprint density at radius 2 is 1.72 bits per heavy atom. The van der Waals surface area contributed by atoms with Crippen LogP contribution in [0.15, 0.2) is 35.2 Å². The minimum atomic E-state index is -3.57. The zero-order valence-electron chi connectivity index (χ0n) is 15.7. The van der Waals surface area contributed by atoms with Crippen LogP contribution in [-0.4, -0.2) is 31.9 Å². The average Bonchev–Trinajstić information content (AvgIpc) is 2.54. The van der Waals surface area contributed by atoms with Crippen LogP contribution in [0.25, 0.3) is 0 Å². The minimum Gasteiger partial charge on any atom is -0.492 e. The van der Waals surface area contributed by atoms with Gasteiger partial charge in [0.15, 0.2) is 0 Å². The molecule has 0 aromatic heterocycles. The number of hydrogen-bond acceptors (Lipinski definition) is 3. The summed E-state index contributed by atoms with van der Waals surface area (Å²) in [5.74, 6) is 0.482. The summed E-state index contributed by atoms with van der Waals surface area (Å²) in [6, 6.07) is 5.29. The molecule has 0 atom stereocenters. The van der Waals surface area contributed by atoms with Crippen LogP contribution in [0.1, 0.15) is 57.9 Å². The van der Waals surface area contributed by atoms with Crippen LogP contribution in [0.4, 0.5) is 0 Å². The van der Waals surface area contributed by atoms with E-state index in [1.165, 1.54) is 0 Å². The van der Waals surface area contributed by atoms with Gasteiger partial charge in [-0.2, -0.15) is 4.31 Å². The van der Waals surface area contributed by atoms with E-state index in [0.717, 1.165) is 44.1 Å². The molecule has 0 unspecified atom stereocenters. The Kier molecular flexibility index (Phi) is 7.51. The van der Waals surface area contributed by atoms with Crippen LogP contribution >= 0.6 is 0 Å². The van der Waals surface area contributed by atoms with E-state index in [0.29, 0.717) is 23.8 Å². The monoisotopic (exact) mass is 365 g/mol. The van der Waals surface area contributed by atoms with E-state index in [2.05, 4.69) is 12.2 Å². The third-order valence-corrected chi connectivity index (χ3v) is 6.57. The second-order valence-electron chi connectivity index (χ2n) is 6.97. The van der Waals surface area contributed by atoms with Gasteiger partial charge < -0.3 is 4.74 Å². The van der Waals surface area contributed by atoms with Gasteiger partial charge in [-0.1, -0.05) is 18.2 Å². The SMILES string of the molecule is Cc1ccc2c(c1)OCCCC/C=C/CCCCN(C(C)C)S2(=O)=O. The molecular formula is C20H31NO3S. The molecule has 1 aromatic rings. The van der Waals surface area contributed by atoms with E-state index < -0.39 is 10.0 Å². The molecule has 5 heteroatoms. The summed E-state index contributed by atoms with van der Waals surface area (Å²) in [5.41, 5.74) is 1.01. The van der Waals surface area contributed by atoms with Gasteiger partial charge in [0.05, 0.1) is 6.61 Å². The fraction of sp³-hybridized carbons (Fsp3) is 0.600. The molecule has 0 N–H and O–H groups in total. The number of sulfonamides is 1. The van der Waals surface area contributed by atoms with Gasteiger partial charge >= 0.3 is 0 Å². The predicted octanol–water partition coefficient (Wildman–Crippen LogP) is 4.68. The van der Waals surface area contributed by atoms with Crippen molar-refractivity contribution in [1.29, 1.82) is 0 Å². The average molecular weight is 366 g/mol. The molecule has 1 aliphatic heterocycles. The van der Waals surface area contributed by atoms with Crippen molar-refractivity contribution in [3.05, 3.63) is 35.9 Å². The van der Waals surface area contributed by atoms with Gasteiger partial charge in [0.2, 0.25) is 10.0 Å². The molecule has 1 aromatic carbocycles. The molecule has 1 heterocycles. The number of benzene rings is 1. The van der Waals surface area contributed by atoms with Crippen LogP contribution in [0.5, 0.6) is 5.75 Å². The fourth-order valence-electron chi connectivity index (χ4n) is 3.04. The Hall–Kier alpha value is -1.33. The maximum atomic E-state index is 13.2. The molecule has 1 aliphatic rings. The fourth-order valence-corrected chi connectivity index (χ4v) is 4.82. The zero-order valence-corrected chi connectivity index (χ0v) is 16.5. The molecule has 0 amide bonds. The summed E-state index contributed by atoms with van der Waals surface area (Å²) in [4.78, 5) is 0.291. The Bertz CT molecular complexity index is 680. The van der Waals surface area contributed by atoms with E-state index in [4.69, 9.17) is 4.74 Å². The van der Waals surface area contributed by atoms with Gasteiger partial charge in [-0.3, -0.25) is 0 Å². The maximum absolute atomic E-state index is 13.2. The third-order valence-electron chi connectivity index (χ3n) is 4.45. The molecule has 0 radical (unpaired) electrons. The standard InChI is InChI=1S/C20H31NO3S/c1-17(2)21-14-10-8-6-4-5-7-9-11-15-24-19-16-18(3)12-13-20(19)25(21,22)23/h4-5,12-13,16-17H,6-11,14-15H2,1-3H3/b5-4+. The molecular weight excluding hydrogens is 334 g/mol. The van der Waals surface area contributed by atoms with Gasteiger partial charge in [-0.15, -0.1) is 0 Å². The highest BCUT2D eigenvalue weighted by molar-refractivity contribution is 7.89. The van der Waals surface area contributed by atoms with Crippen molar-refractivity contribution in [3.63, 3.8) is 0 Å². The highest BCUT2D eigenvalue weighted by Gasteiger charge is 2.29. The van der Waals surface area contributed by atoms with Crippen molar-refractivity contribution in [2.75, 3.05) is 13.2 Å².